The maximum atomic E-state index is 13.1. The Balaban J connectivity index is 1.18. The summed E-state index contributed by atoms with van der Waals surface area (Å²) in [6, 6.07) is 24.3. The van der Waals surface area contributed by atoms with Gasteiger partial charge in [-0.15, -0.1) is 0 Å². The van der Waals surface area contributed by atoms with Crippen molar-refractivity contribution in [2.24, 2.45) is 0 Å². The molecule has 0 saturated carbocycles. The van der Waals surface area contributed by atoms with Crippen molar-refractivity contribution in [3.8, 4) is 11.5 Å². The van der Waals surface area contributed by atoms with Crippen LogP contribution in [0.2, 0.25) is 0 Å². The van der Waals surface area contributed by atoms with E-state index in [1.54, 1.807) is 18.2 Å². The average molecular weight is 505 g/mol. The van der Waals surface area contributed by atoms with Gasteiger partial charge in [0.05, 0.1) is 12.2 Å². The maximum absolute atomic E-state index is 13.1. The van der Waals surface area contributed by atoms with E-state index < -0.39 is 6.23 Å². The molecular weight excluding hydrogens is 480 g/mol. The van der Waals surface area contributed by atoms with Gasteiger partial charge in [-0.1, -0.05) is 60.7 Å². The number of fused-ring (bicyclic) bond motifs is 1. The van der Waals surface area contributed by atoms with E-state index in [0.717, 1.165) is 11.1 Å². The molecule has 2 aliphatic rings. The van der Waals surface area contributed by atoms with Crippen LogP contribution < -0.4 is 9.47 Å². The Kier molecular flexibility index (Phi) is 7.20. The molecule has 0 bridgehead atoms. The third-order valence-electron chi connectivity index (χ3n) is 5.83. The van der Waals surface area contributed by atoms with E-state index in [1.807, 2.05) is 60.7 Å². The molecular formula is C27H24N2O6S. The molecule has 8 nitrogen and oxygen atoms in total. The summed E-state index contributed by atoms with van der Waals surface area (Å²) in [6.45, 7) is 1.00. The average Bonchev–Trinajstić information content (AvgIpc) is 3.17. The van der Waals surface area contributed by atoms with Crippen LogP contribution in [0.25, 0.3) is 0 Å². The second-order valence-corrected chi connectivity index (χ2v) is 9.25. The molecule has 0 spiro atoms. The van der Waals surface area contributed by atoms with Crippen LogP contribution >= 0.6 is 11.8 Å². The third-order valence-corrected chi connectivity index (χ3v) is 6.64. The van der Waals surface area contributed by atoms with Crippen LogP contribution in [0.4, 0.5) is 4.79 Å². The highest BCUT2D eigenvalue weighted by Gasteiger charge is 2.40. The monoisotopic (exact) mass is 504 g/mol. The Morgan fingerprint density at radius 2 is 1.64 bits per heavy atom. The first-order valence-electron chi connectivity index (χ1n) is 11.5. The van der Waals surface area contributed by atoms with Crippen LogP contribution in [0.5, 0.6) is 11.5 Å². The van der Waals surface area contributed by atoms with E-state index >= 15 is 0 Å². The van der Waals surface area contributed by atoms with Crippen molar-refractivity contribution in [2.75, 3.05) is 19.9 Å². The first-order valence-corrected chi connectivity index (χ1v) is 12.3. The number of thioether (sulfide) groups is 1. The number of hydrogen-bond acceptors (Lipinski definition) is 7. The van der Waals surface area contributed by atoms with E-state index in [1.165, 1.54) is 9.80 Å². The Hall–Kier alpha value is -3.82. The van der Waals surface area contributed by atoms with Crippen LogP contribution in [0.15, 0.2) is 78.9 Å². The molecule has 0 N–H and O–H groups in total. The zero-order valence-corrected chi connectivity index (χ0v) is 20.2. The lowest BCUT2D eigenvalue weighted by Gasteiger charge is -2.30. The van der Waals surface area contributed by atoms with E-state index in [4.69, 9.17) is 14.2 Å². The SMILES string of the molecule is O=C1SC(=O)N(Cc2ccccc2)C1OCCN1COc2ccc(OCc3ccccc3)cc2C1=O. The zero-order valence-electron chi connectivity index (χ0n) is 19.4. The zero-order chi connectivity index (χ0) is 24.9. The van der Waals surface area contributed by atoms with Crippen molar-refractivity contribution >= 4 is 28.0 Å². The predicted octanol–water partition coefficient (Wildman–Crippen LogP) is 4.30. The number of benzene rings is 3. The number of amides is 2. The molecule has 3 aromatic rings. The number of nitrogens with zero attached hydrogens (tertiary/aromatic N) is 2. The van der Waals surface area contributed by atoms with E-state index in [0.29, 0.717) is 35.4 Å². The van der Waals surface area contributed by atoms with E-state index in [9.17, 15) is 14.4 Å². The first-order chi connectivity index (χ1) is 17.6. The van der Waals surface area contributed by atoms with Crippen molar-refractivity contribution in [1.29, 1.82) is 0 Å². The first kappa shape index (κ1) is 23.9. The summed E-state index contributed by atoms with van der Waals surface area (Å²) in [5.74, 6) is 0.844. The van der Waals surface area contributed by atoms with Gasteiger partial charge in [0, 0.05) is 24.9 Å². The second-order valence-electron chi connectivity index (χ2n) is 8.30. The van der Waals surface area contributed by atoms with Crippen LogP contribution in [-0.2, 0) is 22.7 Å². The smallest absolute Gasteiger partial charge is 0.292 e. The molecule has 1 atom stereocenters. The molecule has 0 aromatic heterocycles. The van der Waals surface area contributed by atoms with Gasteiger partial charge in [0.15, 0.2) is 6.73 Å². The van der Waals surface area contributed by atoms with Crippen molar-refractivity contribution in [3.05, 3.63) is 95.6 Å². The Labute approximate surface area is 212 Å². The summed E-state index contributed by atoms with van der Waals surface area (Å²) in [6.07, 6.45) is -0.992. The summed E-state index contributed by atoms with van der Waals surface area (Å²) in [5.41, 5.74) is 2.33. The lowest BCUT2D eigenvalue weighted by atomic mass is 10.1. The van der Waals surface area contributed by atoms with Crippen LogP contribution in [-0.4, -0.2) is 52.2 Å². The standard InChI is InChI=1S/C27H24N2O6S/c30-24-22-15-21(34-17-20-9-5-2-6-10-20)11-12-23(22)35-18-28(24)13-14-33-25-26(31)36-27(32)29(25)16-19-7-3-1-4-8-19/h1-12,15,25H,13-14,16-18H2. The number of rotatable bonds is 9. The van der Waals surface area contributed by atoms with Crippen molar-refractivity contribution in [3.63, 3.8) is 0 Å². The van der Waals surface area contributed by atoms with Crippen molar-refractivity contribution in [1.82, 2.24) is 9.80 Å². The van der Waals surface area contributed by atoms with E-state index in [-0.39, 0.29) is 42.7 Å². The summed E-state index contributed by atoms with van der Waals surface area (Å²) in [7, 11) is 0. The molecule has 184 valence electrons. The van der Waals surface area contributed by atoms with Gasteiger partial charge in [-0.3, -0.25) is 19.3 Å². The Morgan fingerprint density at radius 1 is 0.917 bits per heavy atom. The molecule has 3 aromatic carbocycles. The van der Waals surface area contributed by atoms with Gasteiger partial charge in [-0.25, -0.2) is 0 Å². The molecule has 2 heterocycles. The largest absolute Gasteiger partial charge is 0.489 e. The quantitative estimate of drug-likeness (QED) is 0.430. The topological polar surface area (TPSA) is 85.4 Å². The van der Waals surface area contributed by atoms with E-state index in [2.05, 4.69) is 0 Å². The fourth-order valence-electron chi connectivity index (χ4n) is 3.95. The Morgan fingerprint density at radius 3 is 2.39 bits per heavy atom. The number of ether oxygens (including phenoxy) is 3. The Bertz CT molecular complexity index is 1250. The summed E-state index contributed by atoms with van der Waals surface area (Å²) in [4.78, 5) is 40.7. The van der Waals surface area contributed by atoms with Gasteiger partial charge >= 0.3 is 0 Å². The molecule has 1 unspecified atom stereocenters. The number of hydrogen-bond donors (Lipinski definition) is 0. The highest BCUT2D eigenvalue weighted by atomic mass is 32.2. The molecule has 5 rings (SSSR count). The summed E-state index contributed by atoms with van der Waals surface area (Å²) in [5, 5.41) is -0.703. The van der Waals surface area contributed by atoms with Gasteiger partial charge in [-0.2, -0.15) is 0 Å². The minimum atomic E-state index is -0.992. The minimum absolute atomic E-state index is 0.0689. The van der Waals surface area contributed by atoms with Crippen LogP contribution in [0.1, 0.15) is 21.5 Å². The van der Waals surface area contributed by atoms with Gasteiger partial charge in [0.25, 0.3) is 11.1 Å². The second kappa shape index (κ2) is 10.8. The highest BCUT2D eigenvalue weighted by Crippen LogP contribution is 2.30. The maximum Gasteiger partial charge on any atom is 0.292 e. The van der Waals surface area contributed by atoms with Gasteiger partial charge in [0.1, 0.15) is 18.1 Å². The van der Waals surface area contributed by atoms with Gasteiger partial charge < -0.3 is 19.1 Å². The molecule has 2 aliphatic heterocycles. The molecule has 1 fully saturated rings. The normalized spacial score (nSPS) is 17.2. The predicted molar refractivity (Wildman–Crippen MR) is 133 cm³/mol. The third kappa shape index (κ3) is 5.37. The lowest BCUT2D eigenvalue weighted by Crippen LogP contribution is -2.43. The molecule has 9 heteroatoms. The minimum Gasteiger partial charge on any atom is -0.489 e. The summed E-state index contributed by atoms with van der Waals surface area (Å²) >= 11 is 0.642. The molecule has 0 aliphatic carbocycles. The highest BCUT2D eigenvalue weighted by molar-refractivity contribution is 8.26. The molecule has 36 heavy (non-hydrogen) atoms. The van der Waals surface area contributed by atoms with Crippen molar-refractivity contribution < 1.29 is 28.6 Å². The van der Waals surface area contributed by atoms with Crippen molar-refractivity contribution in [2.45, 2.75) is 19.4 Å². The number of carbonyl (C=O) groups excluding carboxylic acids is 3. The van der Waals surface area contributed by atoms with Gasteiger partial charge in [-0.05, 0) is 29.3 Å². The number of carbonyl (C=O) groups is 3. The van der Waals surface area contributed by atoms with Crippen LogP contribution in [0.3, 0.4) is 0 Å². The molecule has 0 radical (unpaired) electrons. The lowest BCUT2D eigenvalue weighted by molar-refractivity contribution is -0.130. The molecule has 2 amide bonds. The summed E-state index contributed by atoms with van der Waals surface area (Å²) < 4.78 is 17.4. The fourth-order valence-corrected chi connectivity index (χ4v) is 4.70. The van der Waals surface area contributed by atoms with Crippen LogP contribution in [0, 0.1) is 0 Å². The van der Waals surface area contributed by atoms with Gasteiger partial charge in [0.2, 0.25) is 11.3 Å². The molecule has 1 saturated heterocycles. The fraction of sp³-hybridized carbons (Fsp3) is 0.222.